The van der Waals surface area contributed by atoms with Crippen molar-refractivity contribution in [2.45, 2.75) is 44.9 Å². The predicted molar refractivity (Wildman–Crippen MR) is 79.8 cm³/mol. The molecule has 1 amide bonds. The Morgan fingerprint density at radius 1 is 1.23 bits per heavy atom. The van der Waals surface area contributed by atoms with E-state index in [-0.39, 0.29) is 19.1 Å². The highest BCUT2D eigenvalue weighted by Gasteiger charge is 2.42. The molecule has 2 rings (SSSR count). The Balaban J connectivity index is 2.06. The molecule has 1 saturated heterocycles. The molecule has 6 heteroatoms. The number of aliphatic carboxylic acids is 1. The van der Waals surface area contributed by atoms with Crippen LogP contribution in [0.3, 0.4) is 0 Å². The second-order valence-corrected chi connectivity index (χ2v) is 6.28. The summed E-state index contributed by atoms with van der Waals surface area (Å²) < 4.78 is 11.0. The number of carboxylic acid groups (broad SMARTS) is 1. The van der Waals surface area contributed by atoms with Gasteiger partial charge >= 0.3 is 12.1 Å². The quantitative estimate of drug-likeness (QED) is 0.928. The maximum absolute atomic E-state index is 12.2. The second-order valence-electron chi connectivity index (χ2n) is 6.28. The molecule has 0 aromatic heterocycles. The molecule has 1 aliphatic rings. The highest BCUT2D eigenvalue weighted by Crippen LogP contribution is 2.25. The summed E-state index contributed by atoms with van der Waals surface area (Å²) in [7, 11) is 0. The molecule has 6 nitrogen and oxygen atoms in total. The summed E-state index contributed by atoms with van der Waals surface area (Å²) in [5.74, 6) is -0.396. The van der Waals surface area contributed by atoms with E-state index in [1.807, 2.05) is 18.2 Å². The molecule has 0 radical (unpaired) electrons. The maximum Gasteiger partial charge on any atom is 0.411 e. The first-order chi connectivity index (χ1) is 10.3. The van der Waals surface area contributed by atoms with E-state index in [4.69, 9.17) is 9.47 Å². The van der Waals surface area contributed by atoms with Crippen molar-refractivity contribution < 1.29 is 24.2 Å². The monoisotopic (exact) mass is 307 g/mol. The Kier molecular flexibility index (Phi) is 4.59. The van der Waals surface area contributed by atoms with E-state index >= 15 is 0 Å². The van der Waals surface area contributed by atoms with Gasteiger partial charge in [-0.25, -0.2) is 9.59 Å². The van der Waals surface area contributed by atoms with Crippen LogP contribution in [0.15, 0.2) is 30.3 Å². The first kappa shape index (κ1) is 16.1. The van der Waals surface area contributed by atoms with Crippen LogP contribution in [-0.2, 0) is 9.53 Å². The van der Waals surface area contributed by atoms with Crippen LogP contribution in [0, 0.1) is 0 Å². The number of nitrogens with zero attached hydrogens (tertiary/aromatic N) is 1. The lowest BCUT2D eigenvalue weighted by molar-refractivity contribution is -0.142. The van der Waals surface area contributed by atoms with Gasteiger partial charge in [-0.1, -0.05) is 18.2 Å². The highest BCUT2D eigenvalue weighted by molar-refractivity contribution is 5.81. The molecule has 1 aromatic carbocycles. The summed E-state index contributed by atoms with van der Waals surface area (Å²) in [6.07, 6.45) is -0.751. The van der Waals surface area contributed by atoms with Gasteiger partial charge in [0.2, 0.25) is 0 Å². The van der Waals surface area contributed by atoms with E-state index in [2.05, 4.69) is 0 Å². The SMILES string of the molecule is CC(C)(C)OC(=O)N1CC(Oc2ccccc2)C[C@@H]1C(=O)O. The van der Waals surface area contributed by atoms with E-state index in [1.165, 1.54) is 4.90 Å². The van der Waals surface area contributed by atoms with Crippen LogP contribution in [0.5, 0.6) is 5.75 Å². The van der Waals surface area contributed by atoms with Crippen molar-refractivity contribution >= 4 is 12.1 Å². The molecule has 1 fully saturated rings. The molecule has 1 N–H and O–H groups in total. The zero-order valence-corrected chi connectivity index (χ0v) is 13.0. The zero-order chi connectivity index (χ0) is 16.3. The standard InChI is InChI=1S/C16H21NO5/c1-16(2,3)22-15(20)17-10-12(9-13(17)14(18)19)21-11-7-5-4-6-8-11/h4-8,12-13H,9-10H2,1-3H3,(H,18,19)/t12?,13-/m1/s1. The Labute approximate surface area is 129 Å². The van der Waals surface area contributed by atoms with E-state index < -0.39 is 23.7 Å². The van der Waals surface area contributed by atoms with Crippen molar-refractivity contribution in [3.8, 4) is 5.75 Å². The van der Waals surface area contributed by atoms with E-state index in [0.29, 0.717) is 5.75 Å². The molecule has 0 spiro atoms. The van der Waals surface area contributed by atoms with Gasteiger partial charge in [0.25, 0.3) is 0 Å². The minimum absolute atomic E-state index is 0.195. The van der Waals surface area contributed by atoms with Crippen LogP contribution in [-0.4, -0.2) is 46.4 Å². The highest BCUT2D eigenvalue weighted by atomic mass is 16.6. The minimum Gasteiger partial charge on any atom is -0.488 e. The fourth-order valence-electron chi connectivity index (χ4n) is 2.33. The van der Waals surface area contributed by atoms with Crippen molar-refractivity contribution in [3.63, 3.8) is 0 Å². The normalized spacial score (nSPS) is 21.5. The molecular formula is C16H21NO5. The lowest BCUT2D eigenvalue weighted by Crippen LogP contribution is -2.43. The van der Waals surface area contributed by atoms with Crippen molar-refractivity contribution in [1.29, 1.82) is 0 Å². The number of carboxylic acids is 1. The van der Waals surface area contributed by atoms with E-state index in [9.17, 15) is 14.7 Å². The number of benzene rings is 1. The van der Waals surface area contributed by atoms with Gasteiger partial charge in [-0.2, -0.15) is 0 Å². The summed E-state index contributed by atoms with van der Waals surface area (Å²) in [5.41, 5.74) is -0.668. The van der Waals surface area contributed by atoms with E-state index in [0.717, 1.165) is 0 Å². The minimum atomic E-state index is -1.05. The van der Waals surface area contributed by atoms with Crippen molar-refractivity contribution in [1.82, 2.24) is 4.90 Å². The summed E-state index contributed by atoms with van der Waals surface area (Å²) >= 11 is 0. The van der Waals surface area contributed by atoms with Crippen LogP contribution in [0.1, 0.15) is 27.2 Å². The van der Waals surface area contributed by atoms with Crippen LogP contribution in [0.25, 0.3) is 0 Å². The zero-order valence-electron chi connectivity index (χ0n) is 13.0. The third kappa shape index (κ3) is 4.13. The molecular weight excluding hydrogens is 286 g/mol. The second kappa shape index (κ2) is 6.25. The molecule has 0 saturated carbocycles. The lowest BCUT2D eigenvalue weighted by atomic mass is 10.2. The Hall–Kier alpha value is -2.24. The first-order valence-corrected chi connectivity index (χ1v) is 7.20. The van der Waals surface area contributed by atoms with Gasteiger partial charge in [0.05, 0.1) is 6.54 Å². The van der Waals surface area contributed by atoms with Gasteiger partial charge in [-0.3, -0.25) is 4.90 Å². The summed E-state index contributed by atoms with van der Waals surface area (Å²) in [5, 5.41) is 9.31. The van der Waals surface area contributed by atoms with Crippen LogP contribution < -0.4 is 4.74 Å². The fraction of sp³-hybridized carbons (Fsp3) is 0.500. The predicted octanol–water partition coefficient (Wildman–Crippen LogP) is 2.53. The summed E-state index contributed by atoms with van der Waals surface area (Å²) in [4.78, 5) is 24.8. The van der Waals surface area contributed by atoms with E-state index in [1.54, 1.807) is 32.9 Å². The molecule has 22 heavy (non-hydrogen) atoms. The number of carbonyl (C=O) groups is 2. The number of amides is 1. The number of para-hydroxylation sites is 1. The summed E-state index contributed by atoms with van der Waals surface area (Å²) in [6, 6.07) is 8.21. The maximum atomic E-state index is 12.2. The molecule has 120 valence electrons. The molecule has 0 bridgehead atoms. The third-order valence-corrected chi connectivity index (χ3v) is 3.22. The van der Waals surface area contributed by atoms with Gasteiger partial charge in [-0.05, 0) is 32.9 Å². The van der Waals surface area contributed by atoms with Gasteiger partial charge in [0.1, 0.15) is 23.5 Å². The van der Waals surface area contributed by atoms with Gasteiger partial charge < -0.3 is 14.6 Å². The average molecular weight is 307 g/mol. The van der Waals surface area contributed by atoms with Crippen molar-refractivity contribution in [2.75, 3.05) is 6.54 Å². The molecule has 2 atom stereocenters. The Morgan fingerprint density at radius 2 is 1.86 bits per heavy atom. The number of hydrogen-bond donors (Lipinski definition) is 1. The lowest BCUT2D eigenvalue weighted by Gasteiger charge is -2.26. The fourth-order valence-corrected chi connectivity index (χ4v) is 2.33. The molecule has 0 aliphatic carbocycles. The number of hydrogen-bond acceptors (Lipinski definition) is 4. The molecule has 1 unspecified atom stereocenters. The molecule has 1 heterocycles. The Morgan fingerprint density at radius 3 is 2.41 bits per heavy atom. The number of carbonyl (C=O) groups excluding carboxylic acids is 1. The van der Waals surface area contributed by atoms with Gasteiger partial charge in [0, 0.05) is 6.42 Å². The number of rotatable bonds is 3. The molecule has 1 aromatic rings. The van der Waals surface area contributed by atoms with Gasteiger partial charge in [-0.15, -0.1) is 0 Å². The summed E-state index contributed by atoms with van der Waals surface area (Å²) in [6.45, 7) is 5.43. The number of ether oxygens (including phenoxy) is 2. The number of likely N-dealkylation sites (tertiary alicyclic amines) is 1. The topological polar surface area (TPSA) is 76.1 Å². The van der Waals surface area contributed by atoms with Gasteiger partial charge in [0.15, 0.2) is 0 Å². The molecule has 1 aliphatic heterocycles. The van der Waals surface area contributed by atoms with Crippen molar-refractivity contribution in [3.05, 3.63) is 30.3 Å². The smallest absolute Gasteiger partial charge is 0.411 e. The van der Waals surface area contributed by atoms with Crippen LogP contribution in [0.2, 0.25) is 0 Å². The third-order valence-electron chi connectivity index (χ3n) is 3.22. The first-order valence-electron chi connectivity index (χ1n) is 7.20. The largest absolute Gasteiger partial charge is 0.488 e. The van der Waals surface area contributed by atoms with Crippen LogP contribution in [0.4, 0.5) is 4.79 Å². The van der Waals surface area contributed by atoms with Crippen LogP contribution >= 0.6 is 0 Å². The van der Waals surface area contributed by atoms with Crippen molar-refractivity contribution in [2.24, 2.45) is 0 Å². The average Bonchev–Trinajstić information content (AvgIpc) is 2.82. The Bertz CT molecular complexity index is 537.